The second-order valence-electron chi connectivity index (χ2n) is 12.8. The largest absolute Gasteiger partial charge is 0.394 e. The highest BCUT2D eigenvalue weighted by atomic mass is 16.5. The number of rotatable bonds is 4. The zero-order chi connectivity index (χ0) is 26.1. The van der Waals surface area contributed by atoms with Crippen LogP contribution in [0.2, 0.25) is 0 Å². The van der Waals surface area contributed by atoms with Crippen LogP contribution in [0.4, 0.5) is 0 Å². The maximum atomic E-state index is 14.4. The highest BCUT2D eigenvalue weighted by Gasteiger charge is 2.75. The molecule has 0 aromatic rings. The van der Waals surface area contributed by atoms with E-state index in [9.17, 15) is 19.5 Å². The lowest BCUT2D eigenvalue weighted by molar-refractivity contribution is -0.158. The molecule has 0 saturated carbocycles. The summed E-state index contributed by atoms with van der Waals surface area (Å²) in [4.78, 5) is 47.0. The molecule has 194 valence electrons. The van der Waals surface area contributed by atoms with E-state index < -0.39 is 40.7 Å². The van der Waals surface area contributed by atoms with E-state index in [1.54, 1.807) is 18.9 Å². The van der Waals surface area contributed by atoms with Gasteiger partial charge in [-0.15, -0.1) is 0 Å². The third kappa shape index (κ3) is 3.84. The second-order valence-corrected chi connectivity index (χ2v) is 12.8. The van der Waals surface area contributed by atoms with Crippen molar-refractivity contribution in [1.29, 1.82) is 0 Å². The van der Waals surface area contributed by atoms with E-state index in [2.05, 4.69) is 34.6 Å². The van der Waals surface area contributed by atoms with Crippen LogP contribution in [0, 0.1) is 17.3 Å². The summed E-state index contributed by atoms with van der Waals surface area (Å²) in [7, 11) is 1.72. The third-order valence-corrected chi connectivity index (χ3v) is 8.13. The number of amides is 3. The summed E-state index contributed by atoms with van der Waals surface area (Å²) in [5.74, 6) is -2.29. The molecule has 1 spiro atoms. The predicted molar refractivity (Wildman–Crippen MR) is 132 cm³/mol. The van der Waals surface area contributed by atoms with E-state index in [0.717, 1.165) is 6.42 Å². The zero-order valence-corrected chi connectivity index (χ0v) is 22.4. The van der Waals surface area contributed by atoms with Gasteiger partial charge in [0.25, 0.3) is 0 Å². The van der Waals surface area contributed by atoms with Gasteiger partial charge in [-0.05, 0) is 39.5 Å². The maximum Gasteiger partial charge on any atom is 0.249 e. The van der Waals surface area contributed by atoms with Crippen molar-refractivity contribution in [2.75, 3.05) is 26.7 Å². The first kappa shape index (κ1) is 25.9. The molecule has 0 aromatic heterocycles. The van der Waals surface area contributed by atoms with Crippen molar-refractivity contribution in [3.8, 4) is 0 Å². The monoisotopic (exact) mass is 487 g/mol. The Morgan fingerprint density at radius 2 is 1.66 bits per heavy atom. The van der Waals surface area contributed by atoms with Gasteiger partial charge in [0, 0.05) is 25.7 Å². The van der Waals surface area contributed by atoms with Gasteiger partial charge in [-0.1, -0.05) is 45.1 Å². The van der Waals surface area contributed by atoms with E-state index in [1.807, 2.05) is 36.1 Å². The van der Waals surface area contributed by atoms with Crippen molar-refractivity contribution < 1.29 is 24.2 Å². The number of carbonyl (C=O) groups excluding carboxylic acids is 3. The summed E-state index contributed by atoms with van der Waals surface area (Å²) in [5, 5.41) is 10.1. The minimum Gasteiger partial charge on any atom is -0.394 e. The Morgan fingerprint density at radius 3 is 2.26 bits per heavy atom. The average Bonchev–Trinajstić information content (AvgIpc) is 3.01. The molecule has 6 atom stereocenters. The summed E-state index contributed by atoms with van der Waals surface area (Å²) in [6, 6.07) is -1.56. The van der Waals surface area contributed by atoms with E-state index in [-0.39, 0.29) is 29.7 Å². The van der Waals surface area contributed by atoms with E-state index in [0.29, 0.717) is 13.1 Å². The van der Waals surface area contributed by atoms with Crippen LogP contribution in [0.5, 0.6) is 0 Å². The zero-order valence-electron chi connectivity index (χ0n) is 22.4. The molecular formula is C27H41N3O5. The minimum atomic E-state index is -1.29. The Hall–Kier alpha value is -2.19. The molecule has 2 fully saturated rings. The summed E-state index contributed by atoms with van der Waals surface area (Å²) in [6.45, 7) is 14.7. The van der Waals surface area contributed by atoms with Crippen molar-refractivity contribution >= 4 is 17.7 Å². The lowest BCUT2D eigenvalue weighted by Gasteiger charge is -2.45. The second kappa shape index (κ2) is 8.17. The highest BCUT2D eigenvalue weighted by molar-refractivity contribution is 6.00. The molecule has 3 amide bonds. The molecule has 0 aromatic carbocycles. The fraction of sp³-hybridized carbons (Fsp3) is 0.741. The van der Waals surface area contributed by atoms with Gasteiger partial charge in [0.05, 0.1) is 30.1 Å². The highest BCUT2D eigenvalue weighted by Crippen LogP contribution is 2.58. The number of carbonyl (C=O) groups is 3. The van der Waals surface area contributed by atoms with Gasteiger partial charge >= 0.3 is 0 Å². The number of likely N-dealkylation sites (N-methyl/N-ethyl adjacent to an activating group) is 1. The lowest BCUT2D eigenvalue weighted by Crippen LogP contribution is -2.61. The molecule has 4 rings (SSSR count). The fourth-order valence-electron chi connectivity index (χ4n) is 7.08. The van der Waals surface area contributed by atoms with Gasteiger partial charge in [0.1, 0.15) is 11.6 Å². The SMILES string of the molecule is C[C@H](CO)N1C(=O)[C@@H]2[C@H]3C(=O)N(C)CC=C[C@@]3(C)O[C@@]23C=CCN(C(C)(C)CC(C)(C)C)C(=O)C13. The third-order valence-electron chi connectivity index (χ3n) is 8.13. The summed E-state index contributed by atoms with van der Waals surface area (Å²) in [6.07, 6.45) is 8.31. The molecule has 8 heteroatoms. The topological polar surface area (TPSA) is 90.4 Å². The average molecular weight is 488 g/mol. The summed E-state index contributed by atoms with van der Waals surface area (Å²) < 4.78 is 6.76. The molecule has 0 aliphatic carbocycles. The summed E-state index contributed by atoms with van der Waals surface area (Å²) in [5.41, 5.74) is -2.81. The summed E-state index contributed by atoms with van der Waals surface area (Å²) >= 11 is 0. The number of hydrogen-bond acceptors (Lipinski definition) is 5. The van der Waals surface area contributed by atoms with Crippen LogP contribution in [-0.4, -0.2) is 93.1 Å². The molecule has 4 heterocycles. The molecular weight excluding hydrogens is 446 g/mol. The van der Waals surface area contributed by atoms with Crippen molar-refractivity contribution in [2.24, 2.45) is 17.3 Å². The molecule has 4 aliphatic rings. The number of likely N-dealkylation sites (tertiary alicyclic amines) is 1. The molecule has 0 bridgehead atoms. The molecule has 0 radical (unpaired) electrons. The Bertz CT molecular complexity index is 982. The van der Waals surface area contributed by atoms with Crippen LogP contribution in [0.1, 0.15) is 54.9 Å². The van der Waals surface area contributed by atoms with Gasteiger partial charge in [0.15, 0.2) is 0 Å². The van der Waals surface area contributed by atoms with Crippen LogP contribution < -0.4 is 0 Å². The van der Waals surface area contributed by atoms with Crippen molar-refractivity contribution in [1.82, 2.24) is 14.7 Å². The van der Waals surface area contributed by atoms with Gasteiger partial charge in [-0.3, -0.25) is 14.4 Å². The first-order chi connectivity index (χ1) is 16.1. The van der Waals surface area contributed by atoms with Crippen LogP contribution in [0.3, 0.4) is 0 Å². The van der Waals surface area contributed by atoms with E-state index in [4.69, 9.17) is 4.74 Å². The quantitative estimate of drug-likeness (QED) is 0.613. The Balaban J connectivity index is 1.87. The normalized spacial score (nSPS) is 36.2. The number of ether oxygens (including phenoxy) is 1. The van der Waals surface area contributed by atoms with Crippen molar-refractivity contribution in [2.45, 2.75) is 83.7 Å². The Morgan fingerprint density at radius 1 is 1.03 bits per heavy atom. The molecule has 2 saturated heterocycles. The molecule has 35 heavy (non-hydrogen) atoms. The lowest BCUT2D eigenvalue weighted by atomic mass is 9.74. The molecule has 8 nitrogen and oxygen atoms in total. The van der Waals surface area contributed by atoms with Crippen molar-refractivity contribution in [3.05, 3.63) is 24.3 Å². The van der Waals surface area contributed by atoms with Crippen molar-refractivity contribution in [3.63, 3.8) is 0 Å². The first-order valence-corrected chi connectivity index (χ1v) is 12.6. The van der Waals surface area contributed by atoms with Crippen LogP contribution in [-0.2, 0) is 19.1 Å². The van der Waals surface area contributed by atoms with E-state index >= 15 is 0 Å². The smallest absolute Gasteiger partial charge is 0.249 e. The molecule has 1 N–H and O–H groups in total. The first-order valence-electron chi connectivity index (χ1n) is 12.6. The predicted octanol–water partition coefficient (Wildman–Crippen LogP) is 1.98. The van der Waals surface area contributed by atoms with Gasteiger partial charge in [0.2, 0.25) is 17.7 Å². The van der Waals surface area contributed by atoms with E-state index in [1.165, 1.54) is 4.90 Å². The number of hydrogen-bond donors (Lipinski definition) is 1. The Kier molecular flexibility index (Phi) is 6.04. The molecule has 4 aliphatic heterocycles. The Labute approximate surface area is 208 Å². The number of aliphatic hydroxyl groups is 1. The number of nitrogens with zero attached hydrogens (tertiary/aromatic N) is 3. The van der Waals surface area contributed by atoms with Gasteiger partial charge < -0.3 is 24.5 Å². The van der Waals surface area contributed by atoms with Crippen LogP contribution in [0.25, 0.3) is 0 Å². The van der Waals surface area contributed by atoms with Crippen LogP contribution in [0.15, 0.2) is 24.3 Å². The fourth-order valence-corrected chi connectivity index (χ4v) is 7.08. The standard InChI is InChI=1S/C27H41N3O5/c1-17(15-31)30-20-23(34)29(25(5,6)16-24(2,3)4)14-10-12-27(20)19(22(30)33)18-21(32)28(8)13-9-11-26(18,7)35-27/h9-12,17-20,31H,13-16H2,1-8H3/t17-,18+,19+,20?,26-,27+/m1/s1. The van der Waals surface area contributed by atoms with Gasteiger partial charge in [-0.25, -0.2) is 0 Å². The van der Waals surface area contributed by atoms with Gasteiger partial charge in [-0.2, -0.15) is 0 Å². The number of aliphatic hydroxyl groups excluding tert-OH is 1. The molecule has 1 unspecified atom stereocenters. The maximum absolute atomic E-state index is 14.4. The van der Waals surface area contributed by atoms with Crippen LogP contribution >= 0.6 is 0 Å². The minimum absolute atomic E-state index is 0.0179. The number of fused-ring (bicyclic) bond motifs is 2.